The minimum Gasteiger partial charge on any atom is -0.271 e. The molecule has 1 rings (SSSR count). The van der Waals surface area contributed by atoms with Crippen molar-refractivity contribution >= 4 is 11.8 Å². The highest BCUT2D eigenvalue weighted by molar-refractivity contribution is 7.98. The lowest BCUT2D eigenvalue weighted by molar-refractivity contribution is 0.503. The predicted octanol–water partition coefficient (Wildman–Crippen LogP) is 2.71. The first-order chi connectivity index (χ1) is 6.83. The normalized spacial score (nSPS) is 12.8. The molecule has 0 radical (unpaired) electrons. The zero-order valence-electron chi connectivity index (χ0n) is 8.79. The third-order valence-corrected chi connectivity index (χ3v) is 3.10. The molecule has 0 aliphatic carbocycles. The van der Waals surface area contributed by atoms with Gasteiger partial charge in [-0.2, -0.15) is 0 Å². The van der Waals surface area contributed by atoms with Crippen LogP contribution in [0.3, 0.4) is 0 Å². The summed E-state index contributed by atoms with van der Waals surface area (Å²) < 4.78 is 0. The van der Waals surface area contributed by atoms with Crippen molar-refractivity contribution in [1.82, 2.24) is 5.43 Å². The number of nitrogens with one attached hydrogen (secondary N) is 1. The SMILES string of the molecule is CCCC(NN)c1ccccc1SC. The maximum Gasteiger partial charge on any atom is 0.0471 e. The summed E-state index contributed by atoms with van der Waals surface area (Å²) in [5.74, 6) is 5.56. The Morgan fingerprint density at radius 1 is 1.43 bits per heavy atom. The van der Waals surface area contributed by atoms with Crippen molar-refractivity contribution in [2.24, 2.45) is 5.84 Å². The first kappa shape index (κ1) is 11.6. The first-order valence-corrected chi connectivity index (χ1v) is 6.15. The molecule has 1 aromatic carbocycles. The number of hydrazine groups is 1. The van der Waals surface area contributed by atoms with E-state index in [4.69, 9.17) is 5.84 Å². The standard InChI is InChI=1S/C11H18N2S/c1-3-6-10(13-12)9-7-4-5-8-11(9)14-2/h4-5,7-8,10,13H,3,6,12H2,1-2H3. The second kappa shape index (κ2) is 6.06. The fourth-order valence-electron chi connectivity index (χ4n) is 1.57. The molecule has 0 spiro atoms. The summed E-state index contributed by atoms with van der Waals surface area (Å²) in [6.07, 6.45) is 4.31. The molecule has 0 saturated heterocycles. The van der Waals surface area contributed by atoms with Crippen LogP contribution in [0.2, 0.25) is 0 Å². The summed E-state index contributed by atoms with van der Waals surface area (Å²) in [7, 11) is 0. The van der Waals surface area contributed by atoms with E-state index >= 15 is 0 Å². The molecule has 1 aromatic rings. The van der Waals surface area contributed by atoms with E-state index < -0.39 is 0 Å². The fraction of sp³-hybridized carbons (Fsp3) is 0.455. The van der Waals surface area contributed by atoms with E-state index in [2.05, 4.69) is 42.9 Å². The molecular formula is C11H18N2S. The van der Waals surface area contributed by atoms with Gasteiger partial charge in [-0.1, -0.05) is 31.5 Å². The maximum atomic E-state index is 5.56. The molecule has 0 aliphatic heterocycles. The van der Waals surface area contributed by atoms with Gasteiger partial charge in [-0.3, -0.25) is 11.3 Å². The van der Waals surface area contributed by atoms with E-state index in [-0.39, 0.29) is 6.04 Å². The molecule has 1 unspecified atom stereocenters. The lowest BCUT2D eigenvalue weighted by Crippen LogP contribution is -2.28. The zero-order chi connectivity index (χ0) is 10.4. The highest BCUT2D eigenvalue weighted by Crippen LogP contribution is 2.27. The number of rotatable bonds is 5. The molecule has 0 aliphatic rings. The van der Waals surface area contributed by atoms with Gasteiger partial charge >= 0.3 is 0 Å². The van der Waals surface area contributed by atoms with Gasteiger partial charge in [-0.15, -0.1) is 11.8 Å². The van der Waals surface area contributed by atoms with Crippen molar-refractivity contribution in [2.45, 2.75) is 30.7 Å². The Hall–Kier alpha value is -0.510. The molecule has 0 fully saturated rings. The van der Waals surface area contributed by atoms with Crippen molar-refractivity contribution < 1.29 is 0 Å². The molecule has 1 atom stereocenters. The minimum absolute atomic E-state index is 0.281. The average Bonchev–Trinajstić information content (AvgIpc) is 2.26. The van der Waals surface area contributed by atoms with E-state index in [1.807, 2.05) is 0 Å². The van der Waals surface area contributed by atoms with Crippen LogP contribution in [0.4, 0.5) is 0 Å². The molecule has 0 amide bonds. The maximum absolute atomic E-state index is 5.56. The van der Waals surface area contributed by atoms with Gasteiger partial charge in [0.05, 0.1) is 0 Å². The fourth-order valence-corrected chi connectivity index (χ4v) is 2.23. The second-order valence-electron chi connectivity index (χ2n) is 3.25. The Morgan fingerprint density at radius 3 is 2.71 bits per heavy atom. The molecule has 0 heterocycles. The van der Waals surface area contributed by atoms with Gasteiger partial charge in [0.2, 0.25) is 0 Å². The van der Waals surface area contributed by atoms with Crippen LogP contribution in [0, 0.1) is 0 Å². The average molecular weight is 210 g/mol. The van der Waals surface area contributed by atoms with Crippen LogP contribution in [-0.2, 0) is 0 Å². The Kier molecular flexibility index (Phi) is 5.01. The molecule has 14 heavy (non-hydrogen) atoms. The number of hydrogen-bond donors (Lipinski definition) is 2. The van der Waals surface area contributed by atoms with Gasteiger partial charge in [0.15, 0.2) is 0 Å². The van der Waals surface area contributed by atoms with Gasteiger partial charge in [-0.25, -0.2) is 0 Å². The third-order valence-electron chi connectivity index (χ3n) is 2.29. The lowest BCUT2D eigenvalue weighted by atomic mass is 10.0. The molecule has 2 nitrogen and oxygen atoms in total. The van der Waals surface area contributed by atoms with Crippen molar-refractivity contribution in [3.05, 3.63) is 29.8 Å². The van der Waals surface area contributed by atoms with Gasteiger partial charge in [-0.05, 0) is 24.3 Å². The van der Waals surface area contributed by atoms with Crippen molar-refractivity contribution in [2.75, 3.05) is 6.26 Å². The molecule has 78 valence electrons. The van der Waals surface area contributed by atoms with Gasteiger partial charge < -0.3 is 0 Å². The lowest BCUT2D eigenvalue weighted by Gasteiger charge is -2.18. The summed E-state index contributed by atoms with van der Waals surface area (Å²) in [6.45, 7) is 2.17. The summed E-state index contributed by atoms with van der Waals surface area (Å²) >= 11 is 1.77. The monoisotopic (exact) mass is 210 g/mol. The van der Waals surface area contributed by atoms with Crippen LogP contribution >= 0.6 is 11.8 Å². The smallest absolute Gasteiger partial charge is 0.0471 e. The van der Waals surface area contributed by atoms with Crippen molar-refractivity contribution in [3.63, 3.8) is 0 Å². The minimum atomic E-state index is 0.281. The summed E-state index contributed by atoms with van der Waals surface area (Å²) in [5.41, 5.74) is 4.19. The van der Waals surface area contributed by atoms with E-state index in [0.29, 0.717) is 0 Å². The molecule has 0 bridgehead atoms. The Bertz CT molecular complexity index is 276. The summed E-state index contributed by atoms with van der Waals surface area (Å²) in [4.78, 5) is 1.31. The molecule has 0 saturated carbocycles. The topological polar surface area (TPSA) is 38.0 Å². The molecule has 3 N–H and O–H groups in total. The Labute approximate surface area is 90.2 Å². The van der Waals surface area contributed by atoms with Crippen LogP contribution < -0.4 is 11.3 Å². The first-order valence-electron chi connectivity index (χ1n) is 4.92. The third kappa shape index (κ3) is 2.74. The quantitative estimate of drug-likeness (QED) is 0.446. The van der Waals surface area contributed by atoms with Crippen molar-refractivity contribution in [3.8, 4) is 0 Å². The summed E-state index contributed by atoms with van der Waals surface area (Å²) in [5, 5.41) is 0. The Balaban J connectivity index is 2.90. The van der Waals surface area contributed by atoms with Gasteiger partial charge in [0.1, 0.15) is 0 Å². The molecular weight excluding hydrogens is 192 g/mol. The van der Waals surface area contributed by atoms with E-state index in [9.17, 15) is 0 Å². The van der Waals surface area contributed by atoms with E-state index in [1.54, 1.807) is 11.8 Å². The van der Waals surface area contributed by atoms with Gasteiger partial charge in [0.25, 0.3) is 0 Å². The predicted molar refractivity (Wildman–Crippen MR) is 63.2 cm³/mol. The van der Waals surface area contributed by atoms with Crippen LogP contribution in [0.5, 0.6) is 0 Å². The van der Waals surface area contributed by atoms with E-state index in [1.165, 1.54) is 10.5 Å². The molecule has 0 aromatic heterocycles. The zero-order valence-corrected chi connectivity index (χ0v) is 9.60. The van der Waals surface area contributed by atoms with E-state index in [0.717, 1.165) is 12.8 Å². The van der Waals surface area contributed by atoms with Crippen LogP contribution in [0.25, 0.3) is 0 Å². The van der Waals surface area contributed by atoms with Crippen LogP contribution in [-0.4, -0.2) is 6.26 Å². The Morgan fingerprint density at radius 2 is 2.14 bits per heavy atom. The van der Waals surface area contributed by atoms with Crippen molar-refractivity contribution in [1.29, 1.82) is 0 Å². The van der Waals surface area contributed by atoms with Crippen LogP contribution in [0.15, 0.2) is 29.2 Å². The number of nitrogens with two attached hydrogens (primary N) is 1. The van der Waals surface area contributed by atoms with Crippen LogP contribution in [0.1, 0.15) is 31.4 Å². The second-order valence-corrected chi connectivity index (χ2v) is 4.10. The van der Waals surface area contributed by atoms with Gasteiger partial charge in [0, 0.05) is 10.9 Å². The number of hydrogen-bond acceptors (Lipinski definition) is 3. The largest absolute Gasteiger partial charge is 0.271 e. The molecule has 3 heteroatoms. The summed E-state index contributed by atoms with van der Waals surface area (Å²) in [6, 6.07) is 8.69. The number of benzene rings is 1. The highest BCUT2D eigenvalue weighted by atomic mass is 32.2. The number of thioether (sulfide) groups is 1. The highest BCUT2D eigenvalue weighted by Gasteiger charge is 2.11.